The Bertz CT molecular complexity index is 625. The Balaban J connectivity index is 2.18. The molecule has 0 saturated heterocycles. The van der Waals surface area contributed by atoms with E-state index in [0.717, 1.165) is 16.5 Å². The van der Waals surface area contributed by atoms with Gasteiger partial charge < -0.3 is 15.1 Å². The van der Waals surface area contributed by atoms with Crippen molar-refractivity contribution in [1.29, 1.82) is 0 Å². The second-order valence-electron chi connectivity index (χ2n) is 3.45. The molecule has 0 atom stereocenters. The molecule has 80 valence electrons. The summed E-state index contributed by atoms with van der Waals surface area (Å²) in [6.45, 7) is 0.259. The minimum atomic E-state index is 0.259. The van der Waals surface area contributed by atoms with Crippen molar-refractivity contribution in [2.45, 2.75) is 6.54 Å². The summed E-state index contributed by atoms with van der Waals surface area (Å²) in [5, 5.41) is 8.87. The van der Waals surface area contributed by atoms with E-state index in [4.69, 9.17) is 10.2 Å². The van der Waals surface area contributed by atoms with Gasteiger partial charge in [-0.05, 0) is 6.07 Å². The molecule has 1 aromatic carbocycles. The highest BCUT2D eigenvalue weighted by molar-refractivity contribution is 5.93. The Morgan fingerprint density at radius 3 is 2.94 bits per heavy atom. The lowest BCUT2D eigenvalue weighted by atomic mass is 10.2. The first-order valence-corrected chi connectivity index (χ1v) is 4.97. The van der Waals surface area contributed by atoms with E-state index in [1.165, 1.54) is 0 Å². The van der Waals surface area contributed by atoms with E-state index >= 15 is 0 Å². The monoisotopic (exact) mass is 214 g/mol. The predicted molar refractivity (Wildman–Crippen MR) is 59.5 cm³/mol. The molecule has 0 aliphatic carbocycles. The van der Waals surface area contributed by atoms with E-state index in [1.807, 2.05) is 30.5 Å². The van der Waals surface area contributed by atoms with Gasteiger partial charge in [-0.15, -0.1) is 10.2 Å². The van der Waals surface area contributed by atoms with E-state index in [2.05, 4.69) is 15.2 Å². The van der Waals surface area contributed by atoms with Gasteiger partial charge in [0, 0.05) is 17.1 Å². The van der Waals surface area contributed by atoms with Crippen LogP contribution in [0.5, 0.6) is 0 Å². The van der Waals surface area contributed by atoms with Gasteiger partial charge in [-0.25, -0.2) is 0 Å². The molecule has 0 radical (unpaired) electrons. The van der Waals surface area contributed by atoms with Crippen LogP contribution in [-0.4, -0.2) is 15.2 Å². The molecule has 5 heteroatoms. The van der Waals surface area contributed by atoms with Crippen LogP contribution >= 0.6 is 0 Å². The summed E-state index contributed by atoms with van der Waals surface area (Å²) >= 11 is 0. The highest BCUT2D eigenvalue weighted by Crippen LogP contribution is 2.27. The SMILES string of the molecule is NCc1nnc(-c2c[nH]c3ccccc23)o1. The number of aromatic nitrogens is 3. The minimum absolute atomic E-state index is 0.259. The van der Waals surface area contributed by atoms with Gasteiger partial charge in [0.15, 0.2) is 0 Å². The van der Waals surface area contributed by atoms with Crippen molar-refractivity contribution in [2.24, 2.45) is 5.73 Å². The fraction of sp³-hybridized carbons (Fsp3) is 0.0909. The maximum Gasteiger partial charge on any atom is 0.249 e. The molecule has 0 fully saturated rings. The van der Waals surface area contributed by atoms with Crippen LogP contribution in [0.3, 0.4) is 0 Å². The molecular weight excluding hydrogens is 204 g/mol. The number of nitrogens with one attached hydrogen (secondary N) is 1. The lowest BCUT2D eigenvalue weighted by molar-refractivity contribution is 0.509. The van der Waals surface area contributed by atoms with Crippen molar-refractivity contribution >= 4 is 10.9 Å². The van der Waals surface area contributed by atoms with E-state index < -0.39 is 0 Å². The number of benzene rings is 1. The molecule has 16 heavy (non-hydrogen) atoms. The van der Waals surface area contributed by atoms with E-state index in [9.17, 15) is 0 Å². The van der Waals surface area contributed by atoms with E-state index in [-0.39, 0.29) is 6.54 Å². The van der Waals surface area contributed by atoms with Gasteiger partial charge in [-0.1, -0.05) is 18.2 Å². The Hall–Kier alpha value is -2.14. The van der Waals surface area contributed by atoms with Crippen LogP contribution in [0.2, 0.25) is 0 Å². The third-order valence-electron chi connectivity index (χ3n) is 2.46. The molecule has 3 N–H and O–H groups in total. The number of fused-ring (bicyclic) bond motifs is 1. The number of hydrogen-bond acceptors (Lipinski definition) is 4. The molecule has 3 aromatic rings. The average Bonchev–Trinajstić information content (AvgIpc) is 2.94. The summed E-state index contributed by atoms with van der Waals surface area (Å²) in [6, 6.07) is 7.95. The third-order valence-corrected chi connectivity index (χ3v) is 2.46. The molecule has 0 amide bonds. The molecule has 0 spiro atoms. The molecule has 5 nitrogen and oxygen atoms in total. The fourth-order valence-corrected chi connectivity index (χ4v) is 1.69. The Labute approximate surface area is 91.3 Å². The van der Waals surface area contributed by atoms with Crippen LogP contribution in [0.1, 0.15) is 5.89 Å². The van der Waals surface area contributed by atoms with Crippen molar-refractivity contribution in [2.75, 3.05) is 0 Å². The molecule has 0 aliphatic heterocycles. The lowest BCUT2D eigenvalue weighted by Gasteiger charge is -1.91. The second-order valence-corrected chi connectivity index (χ2v) is 3.45. The number of para-hydroxylation sites is 1. The lowest BCUT2D eigenvalue weighted by Crippen LogP contribution is -1.95. The molecular formula is C11H10N4O. The number of H-pyrrole nitrogens is 1. The molecule has 0 aliphatic rings. The molecule has 0 unspecified atom stereocenters. The van der Waals surface area contributed by atoms with Crippen LogP contribution < -0.4 is 5.73 Å². The maximum absolute atomic E-state index is 5.43. The van der Waals surface area contributed by atoms with Gasteiger partial charge in [0.25, 0.3) is 0 Å². The van der Waals surface area contributed by atoms with Gasteiger partial charge in [0.05, 0.1) is 12.1 Å². The van der Waals surface area contributed by atoms with Gasteiger partial charge in [-0.3, -0.25) is 0 Å². The first kappa shape index (κ1) is 9.11. The summed E-state index contributed by atoms with van der Waals surface area (Å²) in [6.07, 6.45) is 1.86. The van der Waals surface area contributed by atoms with Crippen LogP contribution in [0.25, 0.3) is 22.4 Å². The number of nitrogens with zero attached hydrogens (tertiary/aromatic N) is 2. The predicted octanol–water partition coefficient (Wildman–Crippen LogP) is 1.68. The summed E-state index contributed by atoms with van der Waals surface area (Å²) in [7, 11) is 0. The second kappa shape index (κ2) is 3.46. The van der Waals surface area contributed by atoms with Gasteiger partial charge >= 0.3 is 0 Å². The molecule has 0 saturated carbocycles. The van der Waals surface area contributed by atoms with Crippen LogP contribution in [0, 0.1) is 0 Å². The van der Waals surface area contributed by atoms with E-state index in [1.54, 1.807) is 0 Å². The molecule has 2 heterocycles. The fourth-order valence-electron chi connectivity index (χ4n) is 1.69. The number of hydrogen-bond donors (Lipinski definition) is 2. The Morgan fingerprint density at radius 2 is 2.12 bits per heavy atom. The normalized spacial score (nSPS) is 11.1. The van der Waals surface area contributed by atoms with Crippen LogP contribution in [0.15, 0.2) is 34.9 Å². The Kier molecular flexibility index (Phi) is 1.97. The van der Waals surface area contributed by atoms with Crippen molar-refractivity contribution in [3.8, 4) is 11.5 Å². The van der Waals surface area contributed by atoms with Crippen molar-refractivity contribution < 1.29 is 4.42 Å². The number of nitrogens with two attached hydrogens (primary N) is 1. The largest absolute Gasteiger partial charge is 0.419 e. The van der Waals surface area contributed by atoms with Gasteiger partial charge in [0.1, 0.15) is 0 Å². The smallest absolute Gasteiger partial charge is 0.249 e. The highest BCUT2D eigenvalue weighted by atomic mass is 16.4. The summed E-state index contributed by atoms with van der Waals surface area (Å²) < 4.78 is 5.42. The summed E-state index contributed by atoms with van der Waals surface area (Å²) in [4.78, 5) is 3.15. The van der Waals surface area contributed by atoms with E-state index in [0.29, 0.717) is 11.8 Å². The average molecular weight is 214 g/mol. The van der Waals surface area contributed by atoms with Crippen LogP contribution in [-0.2, 0) is 6.54 Å². The van der Waals surface area contributed by atoms with Crippen molar-refractivity contribution in [3.05, 3.63) is 36.4 Å². The minimum Gasteiger partial charge on any atom is -0.419 e. The van der Waals surface area contributed by atoms with Crippen LogP contribution in [0.4, 0.5) is 0 Å². The molecule has 0 bridgehead atoms. The van der Waals surface area contributed by atoms with Crippen molar-refractivity contribution in [1.82, 2.24) is 15.2 Å². The molecule has 3 rings (SSSR count). The van der Waals surface area contributed by atoms with Gasteiger partial charge in [-0.2, -0.15) is 0 Å². The number of aromatic amines is 1. The first-order valence-electron chi connectivity index (χ1n) is 4.97. The summed E-state index contributed by atoms with van der Waals surface area (Å²) in [5.41, 5.74) is 7.38. The van der Waals surface area contributed by atoms with Gasteiger partial charge in [0.2, 0.25) is 11.8 Å². The zero-order chi connectivity index (χ0) is 11.0. The summed E-state index contributed by atoms with van der Waals surface area (Å²) in [5.74, 6) is 0.943. The highest BCUT2D eigenvalue weighted by Gasteiger charge is 2.11. The zero-order valence-corrected chi connectivity index (χ0v) is 8.47. The first-order chi connectivity index (χ1) is 7.88. The third kappa shape index (κ3) is 1.30. The molecule has 2 aromatic heterocycles. The Morgan fingerprint density at radius 1 is 1.25 bits per heavy atom. The standard InChI is InChI=1S/C11H10N4O/c12-5-10-14-15-11(16-10)8-6-13-9-4-2-1-3-7(8)9/h1-4,6,13H,5,12H2. The topological polar surface area (TPSA) is 80.7 Å². The zero-order valence-electron chi connectivity index (χ0n) is 8.47. The number of rotatable bonds is 2. The maximum atomic E-state index is 5.43. The quantitative estimate of drug-likeness (QED) is 0.680. The van der Waals surface area contributed by atoms with Crippen molar-refractivity contribution in [3.63, 3.8) is 0 Å².